The molecule has 0 radical (unpaired) electrons. The standard InChI is InChI=1S/C27H34N2O4/c1-6-8-9-19(7-2)26(30)28-22-12-13-23-18(3)16-29(24(23)15-22)17-21-11-10-20(27(31)33-5)14-25(21)32-4/h10-16,19H,6-9,17H2,1-5H3,(H,28,30). The largest absolute Gasteiger partial charge is 0.496 e. The van der Waals surface area contributed by atoms with E-state index in [4.69, 9.17) is 9.47 Å². The van der Waals surface area contributed by atoms with Crippen LogP contribution >= 0.6 is 0 Å². The van der Waals surface area contributed by atoms with Gasteiger partial charge >= 0.3 is 5.97 Å². The molecule has 6 nitrogen and oxygen atoms in total. The fraction of sp³-hybridized carbons (Fsp3) is 0.407. The quantitative estimate of drug-likeness (QED) is 0.388. The molecule has 176 valence electrons. The van der Waals surface area contributed by atoms with Crippen LogP contribution in [0.15, 0.2) is 42.6 Å². The molecule has 0 spiro atoms. The van der Waals surface area contributed by atoms with E-state index in [0.29, 0.717) is 17.9 Å². The normalized spacial score (nSPS) is 11.9. The zero-order valence-corrected chi connectivity index (χ0v) is 20.2. The van der Waals surface area contributed by atoms with Crippen molar-refractivity contribution in [2.75, 3.05) is 19.5 Å². The second kappa shape index (κ2) is 11.0. The average molecular weight is 451 g/mol. The minimum absolute atomic E-state index is 0.0340. The Hall–Kier alpha value is -3.28. The van der Waals surface area contributed by atoms with Crippen LogP contribution in [0, 0.1) is 12.8 Å². The first-order chi connectivity index (χ1) is 15.9. The first-order valence-electron chi connectivity index (χ1n) is 11.6. The summed E-state index contributed by atoms with van der Waals surface area (Å²) in [7, 11) is 2.95. The summed E-state index contributed by atoms with van der Waals surface area (Å²) in [5.41, 5.74) is 4.38. The average Bonchev–Trinajstić information content (AvgIpc) is 3.13. The number of aromatic nitrogens is 1. The molecule has 1 atom stereocenters. The van der Waals surface area contributed by atoms with Gasteiger partial charge in [0.15, 0.2) is 0 Å². The van der Waals surface area contributed by atoms with E-state index in [1.165, 1.54) is 7.11 Å². The first kappa shape index (κ1) is 24.4. The fourth-order valence-electron chi connectivity index (χ4n) is 4.20. The number of unbranched alkanes of at least 4 members (excludes halogenated alkanes) is 1. The van der Waals surface area contributed by atoms with Gasteiger partial charge in [0.25, 0.3) is 0 Å². The van der Waals surface area contributed by atoms with E-state index in [9.17, 15) is 9.59 Å². The lowest BCUT2D eigenvalue weighted by Crippen LogP contribution is -2.22. The van der Waals surface area contributed by atoms with Gasteiger partial charge in [-0.25, -0.2) is 4.79 Å². The number of hydrogen-bond donors (Lipinski definition) is 1. The summed E-state index contributed by atoms with van der Waals surface area (Å²) >= 11 is 0. The number of carbonyl (C=O) groups is 2. The summed E-state index contributed by atoms with van der Waals surface area (Å²) in [4.78, 5) is 24.7. The second-order valence-electron chi connectivity index (χ2n) is 8.43. The van der Waals surface area contributed by atoms with Crippen LogP contribution in [0.25, 0.3) is 10.9 Å². The molecule has 1 aromatic heterocycles. The molecule has 2 aromatic carbocycles. The number of nitrogens with zero attached hydrogens (tertiary/aromatic N) is 1. The molecule has 3 rings (SSSR count). The summed E-state index contributed by atoms with van der Waals surface area (Å²) in [6.45, 7) is 6.86. The maximum Gasteiger partial charge on any atom is 0.337 e. The Morgan fingerprint density at radius 2 is 1.88 bits per heavy atom. The van der Waals surface area contributed by atoms with Crippen LogP contribution in [-0.2, 0) is 16.1 Å². The van der Waals surface area contributed by atoms with E-state index in [-0.39, 0.29) is 11.8 Å². The highest BCUT2D eigenvalue weighted by atomic mass is 16.5. The predicted molar refractivity (Wildman–Crippen MR) is 132 cm³/mol. The Balaban J connectivity index is 1.89. The second-order valence-corrected chi connectivity index (χ2v) is 8.43. The van der Waals surface area contributed by atoms with Crippen LogP contribution in [0.1, 0.15) is 61.0 Å². The lowest BCUT2D eigenvalue weighted by Gasteiger charge is -2.15. The summed E-state index contributed by atoms with van der Waals surface area (Å²) < 4.78 is 12.5. The summed E-state index contributed by atoms with van der Waals surface area (Å²) in [6.07, 6.45) is 6.00. The molecule has 0 aliphatic heterocycles. The van der Waals surface area contributed by atoms with Gasteiger partial charge in [-0.1, -0.05) is 38.8 Å². The monoisotopic (exact) mass is 450 g/mol. The number of carbonyl (C=O) groups excluding carboxylic acids is 2. The predicted octanol–water partition coefficient (Wildman–Crippen LogP) is 5.95. The molecular weight excluding hydrogens is 416 g/mol. The van der Waals surface area contributed by atoms with Crippen molar-refractivity contribution < 1.29 is 19.1 Å². The Kier molecular flexibility index (Phi) is 8.15. The van der Waals surface area contributed by atoms with Crippen molar-refractivity contribution in [3.05, 3.63) is 59.3 Å². The highest BCUT2D eigenvalue weighted by Crippen LogP contribution is 2.28. The Morgan fingerprint density at radius 1 is 1.09 bits per heavy atom. The van der Waals surface area contributed by atoms with Crippen LogP contribution in [0.3, 0.4) is 0 Å². The molecule has 1 heterocycles. The molecule has 33 heavy (non-hydrogen) atoms. The molecule has 0 bridgehead atoms. The molecule has 3 aromatic rings. The fourth-order valence-corrected chi connectivity index (χ4v) is 4.20. The molecule has 1 unspecified atom stereocenters. The van der Waals surface area contributed by atoms with Crippen LogP contribution in [0.5, 0.6) is 5.75 Å². The number of amides is 1. The number of ether oxygens (including phenoxy) is 2. The highest BCUT2D eigenvalue weighted by Gasteiger charge is 2.17. The number of rotatable bonds is 10. The van der Waals surface area contributed by atoms with Crippen molar-refractivity contribution >= 4 is 28.5 Å². The Labute approximate surface area is 195 Å². The van der Waals surface area contributed by atoms with Crippen LogP contribution < -0.4 is 10.1 Å². The van der Waals surface area contributed by atoms with Crippen molar-refractivity contribution in [3.8, 4) is 5.75 Å². The molecule has 6 heteroatoms. The van der Waals surface area contributed by atoms with Crippen molar-refractivity contribution in [3.63, 3.8) is 0 Å². The van der Waals surface area contributed by atoms with Crippen molar-refractivity contribution in [1.82, 2.24) is 4.57 Å². The van der Waals surface area contributed by atoms with Gasteiger partial charge in [-0.3, -0.25) is 4.79 Å². The van der Waals surface area contributed by atoms with E-state index in [1.807, 2.05) is 18.2 Å². The number of hydrogen-bond acceptors (Lipinski definition) is 4. The third-order valence-electron chi connectivity index (χ3n) is 6.17. The maximum atomic E-state index is 12.8. The molecule has 0 aliphatic carbocycles. The molecule has 0 fully saturated rings. The molecule has 0 aliphatic rings. The SMILES string of the molecule is CCCCC(CC)C(=O)Nc1ccc2c(C)cn(Cc3ccc(C(=O)OC)cc3OC)c2c1. The zero-order valence-electron chi connectivity index (χ0n) is 20.2. The zero-order chi connectivity index (χ0) is 24.0. The maximum absolute atomic E-state index is 12.8. The van der Waals surface area contributed by atoms with E-state index < -0.39 is 5.97 Å². The van der Waals surface area contributed by atoms with Gasteiger partial charge < -0.3 is 19.4 Å². The summed E-state index contributed by atoms with van der Waals surface area (Å²) in [6, 6.07) is 11.4. The van der Waals surface area contributed by atoms with Gasteiger partial charge in [0.05, 0.1) is 31.8 Å². The van der Waals surface area contributed by atoms with Gasteiger partial charge in [0, 0.05) is 28.8 Å². The lowest BCUT2D eigenvalue weighted by molar-refractivity contribution is -0.120. The third kappa shape index (κ3) is 5.56. The van der Waals surface area contributed by atoms with Crippen molar-refractivity contribution in [2.24, 2.45) is 5.92 Å². The number of methoxy groups -OCH3 is 2. The smallest absolute Gasteiger partial charge is 0.337 e. The Morgan fingerprint density at radius 3 is 2.55 bits per heavy atom. The number of benzene rings is 2. The summed E-state index contributed by atoms with van der Waals surface area (Å²) in [5.74, 6) is 0.349. The van der Waals surface area contributed by atoms with Gasteiger partial charge in [0.2, 0.25) is 5.91 Å². The van der Waals surface area contributed by atoms with Crippen molar-refractivity contribution in [1.29, 1.82) is 0 Å². The number of nitrogens with one attached hydrogen (secondary N) is 1. The molecule has 1 amide bonds. The molecule has 1 N–H and O–H groups in total. The number of fused-ring (bicyclic) bond motifs is 1. The number of esters is 1. The molecule has 0 saturated carbocycles. The lowest BCUT2D eigenvalue weighted by atomic mass is 9.98. The van der Waals surface area contributed by atoms with Crippen LogP contribution in [0.2, 0.25) is 0 Å². The van der Waals surface area contributed by atoms with Crippen LogP contribution in [-0.4, -0.2) is 30.7 Å². The minimum Gasteiger partial charge on any atom is -0.496 e. The third-order valence-corrected chi connectivity index (χ3v) is 6.17. The van der Waals surface area contributed by atoms with Gasteiger partial charge in [-0.2, -0.15) is 0 Å². The van der Waals surface area contributed by atoms with Gasteiger partial charge in [-0.15, -0.1) is 0 Å². The van der Waals surface area contributed by atoms with E-state index >= 15 is 0 Å². The van der Waals surface area contributed by atoms with E-state index in [2.05, 4.69) is 42.9 Å². The topological polar surface area (TPSA) is 69.6 Å². The minimum atomic E-state index is -0.396. The first-order valence-corrected chi connectivity index (χ1v) is 11.6. The van der Waals surface area contributed by atoms with Crippen LogP contribution in [0.4, 0.5) is 5.69 Å². The number of aryl methyl sites for hydroxylation is 1. The van der Waals surface area contributed by atoms with E-state index in [1.54, 1.807) is 19.2 Å². The summed E-state index contributed by atoms with van der Waals surface area (Å²) in [5, 5.41) is 4.25. The highest BCUT2D eigenvalue weighted by molar-refractivity contribution is 5.95. The Bertz CT molecular complexity index is 1130. The number of anilines is 1. The van der Waals surface area contributed by atoms with Gasteiger partial charge in [-0.05, 0) is 49.6 Å². The van der Waals surface area contributed by atoms with Crippen molar-refractivity contribution in [2.45, 2.75) is 53.0 Å². The molecular formula is C27H34N2O4. The molecule has 0 saturated heterocycles. The van der Waals surface area contributed by atoms with E-state index in [0.717, 1.165) is 53.4 Å². The van der Waals surface area contributed by atoms with Gasteiger partial charge in [0.1, 0.15) is 5.75 Å².